The van der Waals surface area contributed by atoms with E-state index in [0.29, 0.717) is 5.54 Å². The second-order valence-electron chi connectivity index (χ2n) is 6.70. The molecule has 1 saturated carbocycles. The highest BCUT2D eigenvalue weighted by atomic mass is 15.2. The topological polar surface area (TPSA) is 29.3 Å². The summed E-state index contributed by atoms with van der Waals surface area (Å²) in [6.45, 7) is 6.88. The van der Waals surface area contributed by atoms with Crippen LogP contribution in [-0.2, 0) is 0 Å². The highest BCUT2D eigenvalue weighted by Crippen LogP contribution is 2.39. The summed E-state index contributed by atoms with van der Waals surface area (Å²) in [5.74, 6) is 0.973. The Hall–Kier alpha value is -0.0800. The first kappa shape index (κ1) is 14.3. The van der Waals surface area contributed by atoms with Gasteiger partial charge in [0.05, 0.1) is 0 Å². The largest absolute Gasteiger partial charge is 0.329 e. The maximum absolute atomic E-state index is 6.23. The van der Waals surface area contributed by atoms with Gasteiger partial charge in [0.15, 0.2) is 0 Å². The van der Waals surface area contributed by atoms with Gasteiger partial charge < -0.3 is 5.73 Å². The first-order chi connectivity index (χ1) is 8.72. The van der Waals surface area contributed by atoms with E-state index in [1.807, 2.05) is 0 Å². The van der Waals surface area contributed by atoms with E-state index < -0.39 is 0 Å². The molecule has 2 heteroatoms. The quantitative estimate of drug-likeness (QED) is 0.775. The highest BCUT2D eigenvalue weighted by Gasteiger charge is 2.41. The lowest BCUT2D eigenvalue weighted by molar-refractivity contribution is 0.0706. The lowest BCUT2D eigenvalue weighted by Gasteiger charge is -2.43. The van der Waals surface area contributed by atoms with Gasteiger partial charge in [-0.25, -0.2) is 0 Å². The van der Waals surface area contributed by atoms with Crippen LogP contribution in [-0.4, -0.2) is 29.6 Å². The third-order valence-corrected chi connectivity index (χ3v) is 5.51. The van der Waals surface area contributed by atoms with Gasteiger partial charge in [-0.3, -0.25) is 4.90 Å². The van der Waals surface area contributed by atoms with E-state index in [2.05, 4.69) is 18.7 Å². The van der Waals surface area contributed by atoms with Gasteiger partial charge in [-0.2, -0.15) is 0 Å². The van der Waals surface area contributed by atoms with E-state index in [4.69, 9.17) is 5.73 Å². The van der Waals surface area contributed by atoms with Crippen LogP contribution in [0, 0.1) is 5.92 Å². The Bertz CT molecular complexity index is 253. The van der Waals surface area contributed by atoms with Crippen molar-refractivity contribution in [3.8, 4) is 0 Å². The minimum atomic E-state index is 0.346. The number of likely N-dealkylation sites (tertiary alicyclic amines) is 1. The molecule has 0 amide bonds. The molecule has 0 spiro atoms. The van der Waals surface area contributed by atoms with E-state index in [1.54, 1.807) is 0 Å². The standard InChI is InChI=1S/C16H32N2/c1-3-6-15-8-4-10-16(13-17,11-9-15)18-12-5-7-14(18)2/h14-15H,3-13,17H2,1-2H3. The van der Waals surface area contributed by atoms with Crippen LogP contribution in [0.4, 0.5) is 0 Å². The van der Waals surface area contributed by atoms with E-state index in [-0.39, 0.29) is 0 Å². The summed E-state index contributed by atoms with van der Waals surface area (Å²) in [5, 5.41) is 0. The first-order valence-corrected chi connectivity index (χ1v) is 8.18. The molecule has 2 fully saturated rings. The lowest BCUT2D eigenvalue weighted by Crippen LogP contribution is -2.54. The van der Waals surface area contributed by atoms with Crippen LogP contribution < -0.4 is 5.73 Å². The summed E-state index contributed by atoms with van der Waals surface area (Å²) in [7, 11) is 0. The molecule has 106 valence electrons. The molecule has 1 aliphatic heterocycles. The zero-order chi connectivity index (χ0) is 13.0. The van der Waals surface area contributed by atoms with Crippen molar-refractivity contribution < 1.29 is 0 Å². The van der Waals surface area contributed by atoms with Crippen LogP contribution in [0.15, 0.2) is 0 Å². The Morgan fingerprint density at radius 2 is 2.00 bits per heavy atom. The molecular weight excluding hydrogens is 220 g/mol. The maximum atomic E-state index is 6.23. The molecule has 1 aliphatic carbocycles. The summed E-state index contributed by atoms with van der Waals surface area (Å²) in [6.07, 6.45) is 12.5. The molecule has 0 aromatic carbocycles. The molecule has 3 unspecified atom stereocenters. The second-order valence-corrected chi connectivity index (χ2v) is 6.70. The SMILES string of the molecule is CCCC1CCCC(CN)(N2CCCC2C)CC1. The Labute approximate surface area is 113 Å². The summed E-state index contributed by atoms with van der Waals surface area (Å²) >= 11 is 0. The van der Waals surface area contributed by atoms with Gasteiger partial charge in [0.1, 0.15) is 0 Å². The van der Waals surface area contributed by atoms with Crippen LogP contribution in [0.2, 0.25) is 0 Å². The fourth-order valence-electron chi connectivity index (χ4n) is 4.41. The zero-order valence-electron chi connectivity index (χ0n) is 12.5. The number of hydrogen-bond donors (Lipinski definition) is 1. The third kappa shape index (κ3) is 2.91. The van der Waals surface area contributed by atoms with E-state index in [9.17, 15) is 0 Å². The van der Waals surface area contributed by atoms with Gasteiger partial charge >= 0.3 is 0 Å². The van der Waals surface area contributed by atoms with E-state index in [0.717, 1.165) is 18.5 Å². The van der Waals surface area contributed by atoms with Crippen molar-refractivity contribution in [3.63, 3.8) is 0 Å². The number of hydrogen-bond acceptors (Lipinski definition) is 2. The van der Waals surface area contributed by atoms with Crippen LogP contribution in [0.1, 0.15) is 71.6 Å². The van der Waals surface area contributed by atoms with Gasteiger partial charge in [0.25, 0.3) is 0 Å². The Balaban J connectivity index is 2.03. The number of nitrogens with zero attached hydrogens (tertiary/aromatic N) is 1. The van der Waals surface area contributed by atoms with Crippen molar-refractivity contribution in [2.45, 2.75) is 83.2 Å². The average molecular weight is 252 g/mol. The molecule has 0 radical (unpaired) electrons. The van der Waals surface area contributed by atoms with Crippen molar-refractivity contribution in [1.29, 1.82) is 0 Å². The highest BCUT2D eigenvalue weighted by molar-refractivity contribution is 4.98. The molecule has 2 rings (SSSR count). The number of rotatable bonds is 4. The van der Waals surface area contributed by atoms with Crippen LogP contribution in [0.25, 0.3) is 0 Å². The Morgan fingerprint density at radius 3 is 2.61 bits per heavy atom. The predicted molar refractivity (Wildman–Crippen MR) is 78.7 cm³/mol. The molecular formula is C16H32N2. The van der Waals surface area contributed by atoms with Crippen LogP contribution in [0.5, 0.6) is 0 Å². The summed E-state index contributed by atoms with van der Waals surface area (Å²) < 4.78 is 0. The molecule has 1 heterocycles. The van der Waals surface area contributed by atoms with Gasteiger partial charge in [0, 0.05) is 18.1 Å². The maximum Gasteiger partial charge on any atom is 0.0334 e. The van der Waals surface area contributed by atoms with E-state index in [1.165, 1.54) is 64.3 Å². The molecule has 2 N–H and O–H groups in total. The number of nitrogens with two attached hydrogens (primary N) is 1. The van der Waals surface area contributed by atoms with Crippen molar-refractivity contribution in [2.75, 3.05) is 13.1 Å². The Morgan fingerprint density at radius 1 is 1.17 bits per heavy atom. The molecule has 2 aliphatic rings. The van der Waals surface area contributed by atoms with Crippen molar-refractivity contribution in [2.24, 2.45) is 11.7 Å². The normalized spacial score (nSPS) is 38.8. The molecule has 2 nitrogen and oxygen atoms in total. The van der Waals surface area contributed by atoms with Crippen LogP contribution >= 0.6 is 0 Å². The Kier molecular flexibility index (Phi) is 5.08. The summed E-state index contributed by atoms with van der Waals surface area (Å²) in [6, 6.07) is 0.760. The van der Waals surface area contributed by atoms with Crippen molar-refractivity contribution in [3.05, 3.63) is 0 Å². The van der Waals surface area contributed by atoms with Gasteiger partial charge in [0.2, 0.25) is 0 Å². The van der Waals surface area contributed by atoms with Crippen molar-refractivity contribution in [1.82, 2.24) is 4.90 Å². The van der Waals surface area contributed by atoms with Crippen molar-refractivity contribution >= 4 is 0 Å². The monoisotopic (exact) mass is 252 g/mol. The molecule has 0 aromatic rings. The summed E-state index contributed by atoms with van der Waals surface area (Å²) in [4.78, 5) is 2.77. The average Bonchev–Trinajstić information content (AvgIpc) is 2.70. The molecule has 3 atom stereocenters. The van der Waals surface area contributed by atoms with Gasteiger partial charge in [-0.05, 0) is 51.5 Å². The molecule has 18 heavy (non-hydrogen) atoms. The van der Waals surface area contributed by atoms with E-state index >= 15 is 0 Å². The predicted octanol–water partition coefficient (Wildman–Crippen LogP) is 3.55. The second kappa shape index (κ2) is 6.38. The van der Waals surface area contributed by atoms with Gasteiger partial charge in [-0.1, -0.05) is 32.6 Å². The smallest absolute Gasteiger partial charge is 0.0334 e. The first-order valence-electron chi connectivity index (χ1n) is 8.18. The fourth-order valence-corrected chi connectivity index (χ4v) is 4.41. The molecule has 1 saturated heterocycles. The fraction of sp³-hybridized carbons (Fsp3) is 1.00. The molecule has 0 bridgehead atoms. The lowest BCUT2D eigenvalue weighted by atomic mass is 9.86. The minimum absolute atomic E-state index is 0.346. The summed E-state index contributed by atoms with van der Waals surface area (Å²) in [5.41, 5.74) is 6.57. The van der Waals surface area contributed by atoms with Gasteiger partial charge in [-0.15, -0.1) is 0 Å². The van der Waals surface area contributed by atoms with Crippen LogP contribution in [0.3, 0.4) is 0 Å². The third-order valence-electron chi connectivity index (χ3n) is 5.51. The minimum Gasteiger partial charge on any atom is -0.329 e. The zero-order valence-corrected chi connectivity index (χ0v) is 12.5. The molecule has 0 aromatic heterocycles.